The van der Waals surface area contributed by atoms with Crippen LogP contribution in [0.1, 0.15) is 48.9 Å². The van der Waals surface area contributed by atoms with Gasteiger partial charge in [0.05, 0.1) is 18.4 Å². The molecule has 0 heterocycles. The van der Waals surface area contributed by atoms with Crippen LogP contribution in [0.4, 0.5) is 10.1 Å². The van der Waals surface area contributed by atoms with Gasteiger partial charge in [-0.2, -0.15) is 0 Å². The zero-order valence-electron chi connectivity index (χ0n) is 12.0. The number of rotatable bonds is 5. The van der Waals surface area contributed by atoms with Crippen LogP contribution in [0.3, 0.4) is 0 Å². The second-order valence-corrected chi connectivity index (χ2v) is 5.41. The molecule has 0 amide bonds. The van der Waals surface area contributed by atoms with Crippen LogP contribution in [0.2, 0.25) is 0 Å². The van der Waals surface area contributed by atoms with Gasteiger partial charge in [0, 0.05) is 6.54 Å². The maximum absolute atomic E-state index is 13.7. The predicted octanol–water partition coefficient (Wildman–Crippen LogP) is 3.99. The number of hydrogen-bond donors (Lipinski definition) is 1. The normalized spacial score (nSPS) is 15.9. The van der Waals surface area contributed by atoms with Gasteiger partial charge in [-0.15, -0.1) is 0 Å². The number of carbonyl (C=O) groups excluding carboxylic acids is 1. The molecular weight excluding hydrogens is 257 g/mol. The molecular formula is C16H22FNO2. The van der Waals surface area contributed by atoms with E-state index >= 15 is 0 Å². The van der Waals surface area contributed by atoms with Crippen LogP contribution in [0, 0.1) is 11.7 Å². The molecule has 20 heavy (non-hydrogen) atoms. The van der Waals surface area contributed by atoms with Crippen molar-refractivity contribution in [2.45, 2.75) is 38.5 Å². The third-order valence-electron chi connectivity index (χ3n) is 3.98. The maximum Gasteiger partial charge on any atom is 0.337 e. The van der Waals surface area contributed by atoms with Crippen LogP contribution in [-0.2, 0) is 4.74 Å². The molecule has 1 aromatic carbocycles. The van der Waals surface area contributed by atoms with Gasteiger partial charge in [0.1, 0.15) is 5.82 Å². The largest absolute Gasteiger partial charge is 0.465 e. The summed E-state index contributed by atoms with van der Waals surface area (Å²) in [7, 11) is 1.32. The van der Waals surface area contributed by atoms with Gasteiger partial charge in [0.15, 0.2) is 0 Å². The minimum atomic E-state index is -0.444. The SMILES string of the molecule is COC(=O)c1ccc(F)c(NCCC2CCCCC2)c1. The second-order valence-electron chi connectivity index (χ2n) is 5.41. The number of carbonyl (C=O) groups is 1. The third-order valence-corrected chi connectivity index (χ3v) is 3.98. The molecule has 0 unspecified atom stereocenters. The summed E-state index contributed by atoms with van der Waals surface area (Å²) in [6.07, 6.45) is 7.61. The lowest BCUT2D eigenvalue weighted by Crippen LogP contribution is -2.13. The van der Waals surface area contributed by atoms with Crippen LogP contribution in [0.25, 0.3) is 0 Å². The van der Waals surface area contributed by atoms with Gasteiger partial charge in [0.25, 0.3) is 0 Å². The zero-order valence-corrected chi connectivity index (χ0v) is 12.0. The molecule has 1 aliphatic carbocycles. The minimum absolute atomic E-state index is 0.332. The maximum atomic E-state index is 13.7. The van der Waals surface area contributed by atoms with Gasteiger partial charge >= 0.3 is 5.97 Å². The van der Waals surface area contributed by atoms with Crippen molar-refractivity contribution in [1.82, 2.24) is 0 Å². The van der Waals surface area contributed by atoms with E-state index in [1.54, 1.807) is 0 Å². The van der Waals surface area contributed by atoms with Crippen molar-refractivity contribution in [3.63, 3.8) is 0 Å². The first-order chi connectivity index (χ1) is 9.70. The highest BCUT2D eigenvalue weighted by Gasteiger charge is 2.14. The highest BCUT2D eigenvalue weighted by atomic mass is 19.1. The van der Waals surface area contributed by atoms with Crippen LogP contribution in [0.5, 0.6) is 0 Å². The molecule has 0 aromatic heterocycles. The Morgan fingerprint density at radius 2 is 2.10 bits per heavy atom. The number of halogens is 1. The topological polar surface area (TPSA) is 38.3 Å². The summed E-state index contributed by atoms with van der Waals surface area (Å²) in [5, 5.41) is 3.10. The lowest BCUT2D eigenvalue weighted by molar-refractivity contribution is 0.0600. The molecule has 1 fully saturated rings. The number of hydrogen-bond acceptors (Lipinski definition) is 3. The lowest BCUT2D eigenvalue weighted by Gasteiger charge is -2.21. The number of anilines is 1. The quantitative estimate of drug-likeness (QED) is 0.828. The van der Waals surface area contributed by atoms with Gasteiger partial charge in [-0.25, -0.2) is 9.18 Å². The fraction of sp³-hybridized carbons (Fsp3) is 0.562. The Bertz CT molecular complexity index is 456. The molecule has 1 aromatic rings. The molecule has 0 bridgehead atoms. The van der Waals surface area contributed by atoms with E-state index in [-0.39, 0.29) is 5.82 Å². The Hall–Kier alpha value is -1.58. The van der Waals surface area contributed by atoms with E-state index < -0.39 is 5.97 Å². The molecule has 3 nitrogen and oxygen atoms in total. The number of ether oxygens (including phenoxy) is 1. The highest BCUT2D eigenvalue weighted by molar-refractivity contribution is 5.90. The Morgan fingerprint density at radius 3 is 2.80 bits per heavy atom. The van der Waals surface area contributed by atoms with Gasteiger partial charge < -0.3 is 10.1 Å². The molecule has 1 aliphatic rings. The molecule has 0 saturated heterocycles. The van der Waals surface area contributed by atoms with Crippen molar-refractivity contribution in [1.29, 1.82) is 0 Å². The minimum Gasteiger partial charge on any atom is -0.465 e. The predicted molar refractivity (Wildman–Crippen MR) is 77.4 cm³/mol. The van der Waals surface area contributed by atoms with Crippen molar-refractivity contribution in [2.24, 2.45) is 5.92 Å². The second kappa shape index (κ2) is 7.27. The van der Waals surface area contributed by atoms with Crippen LogP contribution < -0.4 is 5.32 Å². The van der Waals surface area contributed by atoms with Gasteiger partial charge in [-0.3, -0.25) is 0 Å². The summed E-state index contributed by atoms with van der Waals surface area (Å²) in [6.45, 7) is 0.742. The molecule has 1 saturated carbocycles. The molecule has 2 rings (SSSR count). The average Bonchev–Trinajstić information content (AvgIpc) is 2.49. The molecule has 4 heteroatoms. The number of esters is 1. The van der Waals surface area contributed by atoms with Gasteiger partial charge in [-0.05, 0) is 30.5 Å². The molecule has 110 valence electrons. The summed E-state index contributed by atoms with van der Waals surface area (Å²) < 4.78 is 18.3. The van der Waals surface area contributed by atoms with Crippen LogP contribution in [-0.4, -0.2) is 19.6 Å². The van der Waals surface area contributed by atoms with Gasteiger partial charge in [0.2, 0.25) is 0 Å². The Morgan fingerprint density at radius 1 is 1.35 bits per heavy atom. The van der Waals surface area contributed by atoms with Crippen molar-refractivity contribution in [3.05, 3.63) is 29.6 Å². The number of methoxy groups -OCH3 is 1. The number of benzene rings is 1. The fourth-order valence-electron chi connectivity index (χ4n) is 2.79. The average molecular weight is 279 g/mol. The van der Waals surface area contributed by atoms with E-state index in [4.69, 9.17) is 0 Å². The molecule has 0 radical (unpaired) electrons. The lowest BCUT2D eigenvalue weighted by atomic mass is 9.87. The zero-order chi connectivity index (χ0) is 14.4. The molecule has 0 atom stereocenters. The fourth-order valence-corrected chi connectivity index (χ4v) is 2.79. The number of nitrogens with one attached hydrogen (secondary N) is 1. The van der Waals surface area contributed by atoms with Crippen molar-refractivity contribution < 1.29 is 13.9 Å². The van der Waals surface area contributed by atoms with E-state index in [0.29, 0.717) is 11.3 Å². The summed E-state index contributed by atoms with van der Waals surface area (Å²) >= 11 is 0. The van der Waals surface area contributed by atoms with Crippen molar-refractivity contribution >= 4 is 11.7 Å². The summed E-state index contributed by atoms with van der Waals surface area (Å²) in [6, 6.07) is 4.25. The van der Waals surface area contributed by atoms with Crippen molar-refractivity contribution in [2.75, 3.05) is 19.0 Å². The Labute approximate surface area is 119 Å². The Balaban J connectivity index is 1.89. The van der Waals surface area contributed by atoms with E-state index in [1.165, 1.54) is 57.4 Å². The van der Waals surface area contributed by atoms with E-state index in [2.05, 4.69) is 10.1 Å². The first kappa shape index (κ1) is 14.8. The third kappa shape index (κ3) is 3.95. The smallest absolute Gasteiger partial charge is 0.337 e. The van der Waals surface area contributed by atoms with E-state index in [0.717, 1.165) is 18.9 Å². The monoisotopic (exact) mass is 279 g/mol. The Kier molecular flexibility index (Phi) is 5.39. The van der Waals surface area contributed by atoms with Gasteiger partial charge in [-0.1, -0.05) is 32.1 Å². The van der Waals surface area contributed by atoms with Crippen LogP contribution >= 0.6 is 0 Å². The highest BCUT2D eigenvalue weighted by Crippen LogP contribution is 2.26. The molecule has 1 N–H and O–H groups in total. The summed E-state index contributed by atoms with van der Waals surface area (Å²) in [5.74, 6) is -0.0234. The van der Waals surface area contributed by atoms with E-state index in [9.17, 15) is 9.18 Å². The van der Waals surface area contributed by atoms with Crippen molar-refractivity contribution in [3.8, 4) is 0 Å². The molecule has 0 aliphatic heterocycles. The first-order valence-electron chi connectivity index (χ1n) is 7.32. The van der Waals surface area contributed by atoms with E-state index in [1.807, 2.05) is 0 Å². The summed E-state index contributed by atoms with van der Waals surface area (Å²) in [5.41, 5.74) is 0.748. The first-order valence-corrected chi connectivity index (χ1v) is 7.32. The molecule has 0 spiro atoms. The standard InChI is InChI=1S/C16H22FNO2/c1-20-16(19)13-7-8-14(17)15(11-13)18-10-9-12-5-3-2-4-6-12/h7-8,11-12,18H,2-6,9-10H2,1H3. The summed E-state index contributed by atoms with van der Waals surface area (Å²) in [4.78, 5) is 11.4. The van der Waals surface area contributed by atoms with Crippen LogP contribution in [0.15, 0.2) is 18.2 Å².